The number of benzene rings is 1. The van der Waals surface area contributed by atoms with Crippen LogP contribution in [-0.2, 0) is 35.2 Å². The Morgan fingerprint density at radius 3 is 2.09 bits per heavy atom. The number of rotatable bonds is 12. The lowest BCUT2D eigenvalue weighted by atomic mass is 10.0. The average Bonchev–Trinajstić information content (AvgIpc) is 2.97. The number of phenolic OH excluding ortho intramolecular Hbond substituents is 1. The second-order valence-corrected chi connectivity index (χ2v) is 11.5. The van der Waals surface area contributed by atoms with Crippen LogP contribution in [0.4, 0.5) is 0 Å². The summed E-state index contributed by atoms with van der Waals surface area (Å²) in [5.41, 5.74) is 16.9. The lowest BCUT2D eigenvalue weighted by Crippen LogP contribution is -2.58. The summed E-state index contributed by atoms with van der Waals surface area (Å²) in [6.07, 6.45) is 0.568. The highest BCUT2D eigenvalue weighted by molar-refractivity contribution is 14.1. The number of aliphatic imine (C=N–C) groups is 1. The quantitative estimate of drug-likeness (QED) is 0.0454. The van der Waals surface area contributed by atoms with Gasteiger partial charge in [0, 0.05) is 13.0 Å². The molecule has 1 saturated heterocycles. The Balaban J connectivity index is 2.48. The predicted octanol–water partition coefficient (Wildman–Crippen LogP) is -2.73. The molecule has 5 amide bonds. The van der Waals surface area contributed by atoms with E-state index in [0.717, 1.165) is 0 Å². The number of nitrogens with zero attached hydrogens (tertiary/aromatic N) is 1. The van der Waals surface area contributed by atoms with Gasteiger partial charge in [-0.2, -0.15) is 0 Å². The summed E-state index contributed by atoms with van der Waals surface area (Å²) in [7, 11) is 0. The molecule has 1 aliphatic heterocycles. The van der Waals surface area contributed by atoms with Gasteiger partial charge in [-0.25, -0.2) is 0 Å². The molecular weight excluding hydrogens is 703 g/mol. The number of halogens is 1. The monoisotopic (exact) mass is 743 g/mol. The lowest BCUT2D eigenvalue weighted by Gasteiger charge is -2.26. The molecule has 0 spiro atoms. The summed E-state index contributed by atoms with van der Waals surface area (Å²) in [6, 6.07) is -0.662. The number of unbranched alkanes of at least 4 members (excludes halogenated alkanes) is 1. The van der Waals surface area contributed by atoms with Crippen LogP contribution in [0.15, 0.2) is 23.2 Å². The number of hydrogen-bond acceptors (Lipinski definition) is 9. The van der Waals surface area contributed by atoms with Crippen molar-refractivity contribution >= 4 is 64.1 Å². The first-order chi connectivity index (χ1) is 21.3. The first kappa shape index (κ1) is 37.0. The Kier molecular flexibility index (Phi) is 15.3. The Morgan fingerprint density at radius 1 is 0.867 bits per heavy atom. The second kappa shape index (κ2) is 18.6. The maximum Gasteiger partial charge on any atom is 0.305 e. The molecule has 0 aromatic heterocycles. The van der Waals surface area contributed by atoms with E-state index in [4.69, 9.17) is 17.2 Å². The van der Waals surface area contributed by atoms with Crippen LogP contribution in [0.2, 0.25) is 0 Å². The Bertz CT molecular complexity index is 1270. The van der Waals surface area contributed by atoms with E-state index in [9.17, 15) is 39.0 Å². The molecule has 1 aliphatic rings. The number of aliphatic carboxylic acids is 1. The zero-order valence-electron chi connectivity index (χ0n) is 24.5. The van der Waals surface area contributed by atoms with Crippen molar-refractivity contribution in [3.63, 3.8) is 0 Å². The maximum absolute atomic E-state index is 13.7. The minimum Gasteiger partial charge on any atom is -0.507 e. The van der Waals surface area contributed by atoms with E-state index in [1.807, 2.05) is 22.6 Å². The third kappa shape index (κ3) is 13.1. The van der Waals surface area contributed by atoms with Gasteiger partial charge in [-0.3, -0.25) is 33.8 Å². The van der Waals surface area contributed by atoms with Crippen molar-refractivity contribution in [1.29, 1.82) is 0 Å². The molecule has 18 heteroatoms. The Hall–Kier alpha value is -4.20. The van der Waals surface area contributed by atoms with Gasteiger partial charge in [-0.05, 0) is 78.9 Å². The van der Waals surface area contributed by atoms with Crippen LogP contribution in [0.25, 0.3) is 0 Å². The first-order valence-corrected chi connectivity index (χ1v) is 15.3. The number of aromatic hydroxyl groups is 1. The van der Waals surface area contributed by atoms with Crippen molar-refractivity contribution in [1.82, 2.24) is 26.6 Å². The number of nitrogens with two attached hydrogens (primary N) is 3. The summed E-state index contributed by atoms with van der Waals surface area (Å²) in [6.45, 7) is -0.140. The van der Waals surface area contributed by atoms with Crippen LogP contribution in [0.1, 0.15) is 44.1 Å². The van der Waals surface area contributed by atoms with Crippen LogP contribution in [0, 0.1) is 3.57 Å². The normalized spacial score (nSPS) is 21.6. The fraction of sp³-hybridized carbons (Fsp3) is 0.519. The molecule has 248 valence electrons. The van der Waals surface area contributed by atoms with Crippen LogP contribution in [-0.4, -0.2) is 95.5 Å². The van der Waals surface area contributed by atoms with Crippen molar-refractivity contribution in [2.75, 3.05) is 19.6 Å². The molecular formula is C27H40IN9O8. The summed E-state index contributed by atoms with van der Waals surface area (Å²) in [5.74, 6) is -5.59. The van der Waals surface area contributed by atoms with E-state index in [1.165, 1.54) is 6.07 Å². The second-order valence-electron chi connectivity index (χ2n) is 10.3. The van der Waals surface area contributed by atoms with Gasteiger partial charge in [0.1, 0.15) is 29.9 Å². The zero-order chi connectivity index (χ0) is 33.5. The first-order valence-electron chi connectivity index (χ1n) is 14.2. The zero-order valence-corrected chi connectivity index (χ0v) is 26.7. The number of carbonyl (C=O) groups is 6. The molecule has 45 heavy (non-hydrogen) atoms. The van der Waals surface area contributed by atoms with Gasteiger partial charge in [-0.15, -0.1) is 0 Å². The number of carbonyl (C=O) groups excluding carboxylic acids is 5. The minimum atomic E-state index is -1.59. The summed E-state index contributed by atoms with van der Waals surface area (Å²) in [4.78, 5) is 81.5. The topological polar surface area (TPSA) is 293 Å². The molecule has 0 aliphatic carbocycles. The van der Waals surface area contributed by atoms with Crippen LogP contribution in [0.3, 0.4) is 0 Å². The highest BCUT2D eigenvalue weighted by Crippen LogP contribution is 2.21. The molecule has 13 N–H and O–H groups in total. The lowest BCUT2D eigenvalue weighted by molar-refractivity contribution is -0.141. The highest BCUT2D eigenvalue weighted by atomic mass is 125. The van der Waals surface area contributed by atoms with Gasteiger partial charge in [0.25, 0.3) is 0 Å². The minimum absolute atomic E-state index is 0.00629. The van der Waals surface area contributed by atoms with E-state index >= 15 is 0 Å². The van der Waals surface area contributed by atoms with Crippen molar-refractivity contribution in [3.05, 3.63) is 27.3 Å². The molecule has 1 aromatic carbocycles. The average molecular weight is 744 g/mol. The number of carboxylic acid groups (broad SMARTS) is 1. The third-order valence-electron chi connectivity index (χ3n) is 6.70. The fourth-order valence-electron chi connectivity index (χ4n) is 4.39. The number of phenols is 1. The molecule has 4 atom stereocenters. The van der Waals surface area contributed by atoms with Crippen molar-refractivity contribution in [2.24, 2.45) is 22.2 Å². The third-order valence-corrected chi connectivity index (χ3v) is 7.56. The predicted molar refractivity (Wildman–Crippen MR) is 170 cm³/mol. The van der Waals surface area contributed by atoms with Crippen LogP contribution >= 0.6 is 22.6 Å². The smallest absolute Gasteiger partial charge is 0.305 e. The molecule has 0 bridgehead atoms. The molecule has 0 radical (unpaired) electrons. The molecule has 0 saturated carbocycles. The summed E-state index contributed by atoms with van der Waals surface area (Å²) < 4.78 is 0.479. The van der Waals surface area contributed by atoms with E-state index in [-0.39, 0.29) is 43.9 Å². The van der Waals surface area contributed by atoms with Gasteiger partial charge < -0.3 is 54.0 Å². The van der Waals surface area contributed by atoms with Crippen molar-refractivity contribution < 1.29 is 39.0 Å². The SMILES string of the molecule is NCCCC[C@@H]1NC(=O)[C@@H](Cc2ccc(O)c([125I])c2)NC(=O)[C@H](CC(=O)O)NC(=O)CNC(=O)[C@H](CCCN=C(N)N)NC1=O. The largest absolute Gasteiger partial charge is 0.507 e. The maximum atomic E-state index is 13.7. The van der Waals surface area contributed by atoms with Crippen molar-refractivity contribution in [3.8, 4) is 5.75 Å². The summed E-state index contributed by atoms with van der Waals surface area (Å²) in [5, 5.41) is 31.7. The van der Waals surface area contributed by atoms with E-state index < -0.39 is 72.6 Å². The number of hydrogen-bond donors (Lipinski definition) is 10. The number of amides is 5. The molecule has 1 aromatic rings. The highest BCUT2D eigenvalue weighted by Gasteiger charge is 2.33. The summed E-state index contributed by atoms with van der Waals surface area (Å²) >= 11 is 1.89. The van der Waals surface area contributed by atoms with Gasteiger partial charge in [0.2, 0.25) is 29.5 Å². The number of nitrogens with one attached hydrogen (secondary N) is 5. The van der Waals surface area contributed by atoms with Gasteiger partial charge in [0.15, 0.2) is 5.96 Å². The Morgan fingerprint density at radius 2 is 1.47 bits per heavy atom. The van der Waals surface area contributed by atoms with Crippen LogP contribution in [0.5, 0.6) is 5.75 Å². The van der Waals surface area contributed by atoms with Gasteiger partial charge >= 0.3 is 5.97 Å². The van der Waals surface area contributed by atoms with Crippen LogP contribution < -0.4 is 43.8 Å². The molecule has 17 nitrogen and oxygen atoms in total. The molecule has 1 fully saturated rings. The van der Waals surface area contributed by atoms with Gasteiger partial charge in [-0.1, -0.05) is 6.07 Å². The molecule has 2 rings (SSSR count). The van der Waals surface area contributed by atoms with E-state index in [0.29, 0.717) is 28.5 Å². The molecule has 1 heterocycles. The van der Waals surface area contributed by atoms with Crippen molar-refractivity contribution in [2.45, 2.75) is 69.1 Å². The van der Waals surface area contributed by atoms with E-state index in [1.54, 1.807) is 12.1 Å². The van der Waals surface area contributed by atoms with Gasteiger partial charge in [0.05, 0.1) is 16.5 Å². The standard InChI is InChI=1S/C27H40IN9O8/c28-15-10-14(6-7-20(15)38)11-18-25(44)36-17(4-1-2-8-29)24(43)35-16(5-3-9-32-27(30)31)23(42)33-13-21(39)34-19(12-22(40)41)26(45)37-18/h6-7,10,16-19,38H,1-5,8-9,11-13,29H2,(H,33,42)(H,34,39)(H,35,43)(H,36,44)(H,37,45)(H,40,41)(H4,30,31,32)/t16-,17-,18+,19-/m0/s1/i28-2. The number of carboxylic acids is 1. The van der Waals surface area contributed by atoms with E-state index in [2.05, 4.69) is 31.6 Å². The Labute approximate surface area is 273 Å². The fourth-order valence-corrected chi connectivity index (χ4v) is 4.97. The number of guanidine groups is 1. The molecule has 0 unspecified atom stereocenters.